The third kappa shape index (κ3) is 6.09. The van der Waals surface area contributed by atoms with E-state index < -0.39 is 6.10 Å². The second-order valence-corrected chi connectivity index (χ2v) is 8.66. The molecular formula is C26H36N2O4. The summed E-state index contributed by atoms with van der Waals surface area (Å²) in [5.74, 6) is 0.860. The molecular weight excluding hydrogens is 404 g/mol. The monoisotopic (exact) mass is 440 g/mol. The topological polar surface area (TPSA) is 63.2 Å². The highest BCUT2D eigenvalue weighted by Gasteiger charge is 2.24. The first-order chi connectivity index (χ1) is 15.7. The van der Waals surface area contributed by atoms with Gasteiger partial charge in [0.15, 0.2) is 0 Å². The van der Waals surface area contributed by atoms with Crippen molar-refractivity contribution in [3.05, 3.63) is 65.2 Å². The standard InChI is InChI=1S/C26H36N2O4/c1-30-23-11-9-21(10-12-23)25(28-13-15-31-16-14-28)18-27-17-22(29)19-32-26-8-4-6-20-5-2-3-7-24(20)26/h2-3,5,7,9-12,22,25-27,29H,4,6,8,13-19H2,1H3. The maximum absolute atomic E-state index is 10.6. The van der Waals surface area contributed by atoms with Crippen LogP contribution in [0.1, 0.15) is 41.7 Å². The molecule has 2 N–H and O–H groups in total. The number of nitrogens with one attached hydrogen (secondary N) is 1. The number of ether oxygens (including phenoxy) is 3. The van der Waals surface area contributed by atoms with Gasteiger partial charge in [0, 0.05) is 32.2 Å². The van der Waals surface area contributed by atoms with E-state index in [1.807, 2.05) is 12.1 Å². The molecule has 0 aromatic heterocycles. The van der Waals surface area contributed by atoms with Crippen molar-refractivity contribution in [3.8, 4) is 5.75 Å². The van der Waals surface area contributed by atoms with Gasteiger partial charge < -0.3 is 24.6 Å². The van der Waals surface area contributed by atoms with Gasteiger partial charge in [-0.2, -0.15) is 0 Å². The van der Waals surface area contributed by atoms with Crippen LogP contribution in [0.5, 0.6) is 5.75 Å². The summed E-state index contributed by atoms with van der Waals surface area (Å²) in [6, 6.07) is 17.0. The summed E-state index contributed by atoms with van der Waals surface area (Å²) >= 11 is 0. The van der Waals surface area contributed by atoms with E-state index in [1.54, 1.807) is 7.11 Å². The van der Waals surface area contributed by atoms with E-state index in [9.17, 15) is 5.11 Å². The SMILES string of the molecule is COc1ccc(C(CNCC(O)COC2CCCc3ccccc32)N2CCOCC2)cc1. The van der Waals surface area contributed by atoms with Crippen molar-refractivity contribution in [2.24, 2.45) is 0 Å². The van der Waals surface area contributed by atoms with E-state index in [0.717, 1.165) is 57.9 Å². The van der Waals surface area contributed by atoms with Crippen LogP contribution in [0, 0.1) is 0 Å². The van der Waals surface area contributed by atoms with Gasteiger partial charge in [-0.3, -0.25) is 4.90 Å². The van der Waals surface area contributed by atoms with Gasteiger partial charge in [-0.15, -0.1) is 0 Å². The molecule has 0 spiro atoms. The van der Waals surface area contributed by atoms with Crippen LogP contribution in [-0.4, -0.2) is 69.2 Å². The van der Waals surface area contributed by atoms with Gasteiger partial charge in [0.05, 0.1) is 39.1 Å². The molecule has 0 saturated carbocycles. The fourth-order valence-electron chi connectivity index (χ4n) is 4.73. The van der Waals surface area contributed by atoms with Gasteiger partial charge in [-0.1, -0.05) is 36.4 Å². The first-order valence-electron chi connectivity index (χ1n) is 11.8. The molecule has 2 aromatic rings. The smallest absolute Gasteiger partial charge is 0.118 e. The fourth-order valence-corrected chi connectivity index (χ4v) is 4.73. The Morgan fingerprint density at radius 1 is 1.09 bits per heavy atom. The van der Waals surface area contributed by atoms with Crippen LogP contribution in [0.2, 0.25) is 0 Å². The van der Waals surface area contributed by atoms with E-state index in [-0.39, 0.29) is 12.1 Å². The van der Waals surface area contributed by atoms with E-state index >= 15 is 0 Å². The summed E-state index contributed by atoms with van der Waals surface area (Å²) in [6.07, 6.45) is 2.83. The van der Waals surface area contributed by atoms with Crippen molar-refractivity contribution < 1.29 is 19.3 Å². The maximum Gasteiger partial charge on any atom is 0.118 e. The number of nitrogens with zero attached hydrogens (tertiary/aromatic N) is 1. The predicted octanol–water partition coefficient (Wildman–Crippen LogP) is 3.11. The van der Waals surface area contributed by atoms with Gasteiger partial charge in [-0.05, 0) is 48.1 Å². The van der Waals surface area contributed by atoms with Gasteiger partial charge in [0.2, 0.25) is 0 Å². The van der Waals surface area contributed by atoms with E-state index in [1.165, 1.54) is 16.7 Å². The third-order valence-corrected chi connectivity index (χ3v) is 6.51. The number of aryl methyl sites for hydroxylation is 1. The molecule has 0 radical (unpaired) electrons. The normalized spacial score (nSPS) is 21.0. The Morgan fingerprint density at radius 3 is 2.66 bits per heavy atom. The molecule has 1 aliphatic heterocycles. The Labute approximate surface area is 191 Å². The lowest BCUT2D eigenvalue weighted by atomic mass is 9.89. The van der Waals surface area contributed by atoms with Crippen molar-refractivity contribution >= 4 is 0 Å². The van der Waals surface area contributed by atoms with Crippen LogP contribution in [-0.2, 0) is 15.9 Å². The molecule has 1 aliphatic carbocycles. The zero-order valence-electron chi connectivity index (χ0n) is 19.0. The van der Waals surface area contributed by atoms with Gasteiger partial charge in [-0.25, -0.2) is 0 Å². The maximum atomic E-state index is 10.6. The molecule has 174 valence electrons. The molecule has 3 atom stereocenters. The molecule has 2 aliphatic rings. The number of aliphatic hydroxyl groups excluding tert-OH is 1. The van der Waals surface area contributed by atoms with Crippen molar-refractivity contribution in [3.63, 3.8) is 0 Å². The minimum Gasteiger partial charge on any atom is -0.497 e. The minimum absolute atomic E-state index is 0.0926. The van der Waals surface area contributed by atoms with Crippen LogP contribution >= 0.6 is 0 Å². The summed E-state index contributed by atoms with van der Waals surface area (Å²) in [5, 5.41) is 14.0. The number of fused-ring (bicyclic) bond motifs is 1. The van der Waals surface area contributed by atoms with Crippen molar-refractivity contribution in [1.82, 2.24) is 10.2 Å². The number of hydrogen-bond donors (Lipinski definition) is 2. The fraction of sp³-hybridized carbons (Fsp3) is 0.538. The van der Waals surface area contributed by atoms with E-state index in [0.29, 0.717) is 13.2 Å². The lowest BCUT2D eigenvalue weighted by molar-refractivity contribution is -0.0180. The van der Waals surface area contributed by atoms with Gasteiger partial charge >= 0.3 is 0 Å². The zero-order valence-corrected chi connectivity index (χ0v) is 19.0. The second kappa shape index (κ2) is 11.8. The average molecular weight is 441 g/mol. The minimum atomic E-state index is -0.537. The number of rotatable bonds is 10. The summed E-state index contributed by atoms with van der Waals surface area (Å²) < 4.78 is 17.0. The zero-order chi connectivity index (χ0) is 22.2. The molecule has 6 heteroatoms. The number of hydrogen-bond acceptors (Lipinski definition) is 6. The molecule has 3 unspecified atom stereocenters. The first-order valence-corrected chi connectivity index (χ1v) is 11.8. The molecule has 1 fully saturated rings. The Kier molecular flexibility index (Phi) is 8.54. The molecule has 0 bridgehead atoms. The summed E-state index contributed by atoms with van der Waals surface area (Å²) in [6.45, 7) is 4.94. The summed E-state index contributed by atoms with van der Waals surface area (Å²) in [7, 11) is 1.69. The highest BCUT2D eigenvalue weighted by molar-refractivity contribution is 5.31. The second-order valence-electron chi connectivity index (χ2n) is 8.66. The molecule has 1 saturated heterocycles. The lowest BCUT2D eigenvalue weighted by Gasteiger charge is -2.35. The molecule has 1 heterocycles. The highest BCUT2D eigenvalue weighted by atomic mass is 16.5. The Morgan fingerprint density at radius 2 is 1.88 bits per heavy atom. The average Bonchev–Trinajstić information content (AvgIpc) is 2.86. The molecule has 4 rings (SSSR count). The van der Waals surface area contributed by atoms with Crippen molar-refractivity contribution in [1.29, 1.82) is 0 Å². The molecule has 32 heavy (non-hydrogen) atoms. The largest absolute Gasteiger partial charge is 0.497 e. The highest BCUT2D eigenvalue weighted by Crippen LogP contribution is 2.32. The summed E-state index contributed by atoms with van der Waals surface area (Å²) in [4.78, 5) is 2.44. The quantitative estimate of drug-likeness (QED) is 0.592. The van der Waals surface area contributed by atoms with Crippen molar-refractivity contribution in [2.45, 2.75) is 37.5 Å². The molecule has 0 amide bonds. The van der Waals surface area contributed by atoms with E-state index in [4.69, 9.17) is 14.2 Å². The Bertz CT molecular complexity index is 823. The van der Waals surface area contributed by atoms with Crippen LogP contribution in [0.3, 0.4) is 0 Å². The third-order valence-electron chi connectivity index (χ3n) is 6.51. The number of morpholine rings is 1. The Balaban J connectivity index is 1.28. The molecule has 2 aromatic carbocycles. The van der Waals surface area contributed by atoms with Crippen LogP contribution in [0.4, 0.5) is 0 Å². The Hall–Kier alpha value is -1.96. The van der Waals surface area contributed by atoms with Gasteiger partial charge in [0.1, 0.15) is 5.75 Å². The summed E-state index contributed by atoms with van der Waals surface area (Å²) in [5.41, 5.74) is 3.90. The predicted molar refractivity (Wildman–Crippen MR) is 125 cm³/mol. The van der Waals surface area contributed by atoms with E-state index in [2.05, 4.69) is 46.6 Å². The van der Waals surface area contributed by atoms with Crippen LogP contribution < -0.4 is 10.1 Å². The van der Waals surface area contributed by atoms with Crippen molar-refractivity contribution in [2.75, 3.05) is 53.1 Å². The number of benzene rings is 2. The molecule has 6 nitrogen and oxygen atoms in total. The number of aliphatic hydroxyl groups is 1. The van der Waals surface area contributed by atoms with Gasteiger partial charge in [0.25, 0.3) is 0 Å². The lowest BCUT2D eigenvalue weighted by Crippen LogP contribution is -2.44. The first kappa shape index (κ1) is 23.2. The number of methoxy groups -OCH3 is 1. The van der Waals surface area contributed by atoms with Crippen LogP contribution in [0.25, 0.3) is 0 Å². The van der Waals surface area contributed by atoms with Crippen LogP contribution in [0.15, 0.2) is 48.5 Å².